The number of carbonyl (C=O) groups is 2. The zero-order valence-corrected chi connectivity index (χ0v) is 20.5. The number of hydrogen-bond acceptors (Lipinski definition) is 6. The van der Waals surface area contributed by atoms with Crippen LogP contribution >= 0.6 is 0 Å². The molecule has 3 atom stereocenters. The summed E-state index contributed by atoms with van der Waals surface area (Å²) >= 11 is 0. The Balaban J connectivity index is 1.77. The smallest absolute Gasteiger partial charge is 0.315 e. The van der Waals surface area contributed by atoms with Crippen molar-refractivity contribution in [3.63, 3.8) is 0 Å². The Labute approximate surface area is 204 Å². The fourth-order valence-corrected chi connectivity index (χ4v) is 5.06. The zero-order chi connectivity index (χ0) is 25.1. The third kappa shape index (κ3) is 4.72. The summed E-state index contributed by atoms with van der Waals surface area (Å²) in [4.78, 5) is 31.4. The van der Waals surface area contributed by atoms with E-state index in [9.17, 15) is 9.59 Å². The van der Waals surface area contributed by atoms with Crippen molar-refractivity contribution in [2.24, 2.45) is 10.9 Å². The fraction of sp³-hybridized carbons (Fsp3) is 0.393. The number of ketones is 1. The molecule has 0 bridgehead atoms. The zero-order valence-electron chi connectivity index (χ0n) is 20.5. The molecule has 0 aromatic heterocycles. The van der Waals surface area contributed by atoms with Crippen LogP contribution in [-0.4, -0.2) is 38.3 Å². The number of Topliss-reactive ketones (excluding diaryl/α,β-unsaturated/α-hetero) is 1. The molecule has 184 valence electrons. The van der Waals surface area contributed by atoms with Gasteiger partial charge in [0.1, 0.15) is 11.7 Å². The molecule has 2 aliphatic rings. The Hall–Kier alpha value is -3.48. The van der Waals surface area contributed by atoms with Crippen LogP contribution < -0.4 is 9.47 Å². The van der Waals surface area contributed by atoms with Gasteiger partial charge in [-0.1, -0.05) is 31.2 Å². The van der Waals surface area contributed by atoms with Gasteiger partial charge in [-0.15, -0.1) is 0 Å². The van der Waals surface area contributed by atoms with Gasteiger partial charge >= 0.3 is 5.97 Å². The van der Waals surface area contributed by atoms with E-state index in [2.05, 4.69) is 0 Å². The van der Waals surface area contributed by atoms with Gasteiger partial charge in [0.15, 0.2) is 17.3 Å². The van der Waals surface area contributed by atoms with Crippen molar-refractivity contribution in [3.8, 4) is 11.5 Å². The number of benzene rings is 2. The number of esters is 1. The molecule has 35 heavy (non-hydrogen) atoms. The highest BCUT2D eigenvalue weighted by molar-refractivity contribution is 6.09. The van der Waals surface area contributed by atoms with E-state index < -0.39 is 23.6 Å². The lowest BCUT2D eigenvalue weighted by molar-refractivity contribution is -0.146. The third-order valence-corrected chi connectivity index (χ3v) is 6.71. The van der Waals surface area contributed by atoms with E-state index in [0.717, 1.165) is 5.56 Å². The largest absolute Gasteiger partial charge is 0.493 e. The lowest BCUT2D eigenvalue weighted by atomic mass is 9.69. The van der Waals surface area contributed by atoms with Gasteiger partial charge in [0, 0.05) is 29.3 Å². The van der Waals surface area contributed by atoms with Gasteiger partial charge in [0.05, 0.1) is 20.8 Å². The summed E-state index contributed by atoms with van der Waals surface area (Å²) in [6.07, 6.45) is 1.39. The van der Waals surface area contributed by atoms with E-state index in [1.54, 1.807) is 39.3 Å². The molecule has 1 aliphatic carbocycles. The number of allylic oxidation sites excluding steroid dienone is 2. The summed E-state index contributed by atoms with van der Waals surface area (Å²) < 4.78 is 31.2. The minimum atomic E-state index is -0.848. The monoisotopic (exact) mass is 479 g/mol. The molecular formula is C28H30FNO5. The van der Waals surface area contributed by atoms with Crippen LogP contribution in [0.1, 0.15) is 56.1 Å². The first kappa shape index (κ1) is 24.6. The number of methoxy groups -OCH3 is 2. The highest BCUT2D eigenvalue weighted by Gasteiger charge is 2.45. The average molecular weight is 480 g/mol. The van der Waals surface area contributed by atoms with Crippen molar-refractivity contribution in [2.45, 2.75) is 44.9 Å². The van der Waals surface area contributed by atoms with Crippen molar-refractivity contribution >= 4 is 17.5 Å². The molecule has 4 rings (SSSR count). The molecule has 0 N–H and O–H groups in total. The summed E-state index contributed by atoms with van der Waals surface area (Å²) in [6.45, 7) is 3.91. The minimum Gasteiger partial charge on any atom is -0.493 e. The Morgan fingerprint density at radius 2 is 1.83 bits per heavy atom. The summed E-state index contributed by atoms with van der Waals surface area (Å²) in [7, 11) is 3.14. The molecule has 1 aliphatic heterocycles. The molecule has 6 nitrogen and oxygen atoms in total. The van der Waals surface area contributed by atoms with Crippen molar-refractivity contribution in [1.82, 2.24) is 0 Å². The molecule has 0 saturated heterocycles. The van der Waals surface area contributed by atoms with Crippen LogP contribution in [0.4, 0.5) is 4.39 Å². The molecule has 7 heteroatoms. The van der Waals surface area contributed by atoms with Crippen LogP contribution in [0.3, 0.4) is 0 Å². The first-order valence-electron chi connectivity index (χ1n) is 11.8. The van der Waals surface area contributed by atoms with Crippen LogP contribution in [0.15, 0.2) is 58.7 Å². The molecule has 0 amide bonds. The Morgan fingerprint density at radius 3 is 2.51 bits per heavy atom. The quantitative estimate of drug-likeness (QED) is 0.499. The number of ether oxygens (including phenoxy) is 3. The molecule has 0 radical (unpaired) electrons. The molecule has 2 aromatic carbocycles. The number of rotatable bonds is 7. The van der Waals surface area contributed by atoms with E-state index in [4.69, 9.17) is 19.2 Å². The number of aliphatic imine (C=N–C) groups is 1. The maximum atomic E-state index is 15.0. The molecule has 3 unspecified atom stereocenters. The maximum Gasteiger partial charge on any atom is 0.315 e. The normalized spacial score (nSPS) is 21.8. The van der Waals surface area contributed by atoms with E-state index >= 15 is 4.39 Å². The number of carbonyl (C=O) groups excluding carboxylic acids is 2. The summed E-state index contributed by atoms with van der Waals surface area (Å²) in [5.74, 6) is -1.62. The third-order valence-electron chi connectivity index (χ3n) is 6.71. The Morgan fingerprint density at radius 1 is 1.09 bits per heavy atom. The summed E-state index contributed by atoms with van der Waals surface area (Å²) in [5.41, 5.74) is 2.79. The van der Waals surface area contributed by atoms with Gasteiger partial charge in [0.25, 0.3) is 0 Å². The Bertz CT molecular complexity index is 1200. The van der Waals surface area contributed by atoms with Gasteiger partial charge in [-0.25, -0.2) is 4.39 Å². The Kier molecular flexibility index (Phi) is 7.34. The lowest BCUT2D eigenvalue weighted by Gasteiger charge is -2.36. The number of halogens is 1. The van der Waals surface area contributed by atoms with Crippen molar-refractivity contribution in [3.05, 3.63) is 70.7 Å². The highest BCUT2D eigenvalue weighted by atomic mass is 19.1. The first-order valence-corrected chi connectivity index (χ1v) is 11.8. The predicted molar refractivity (Wildman–Crippen MR) is 131 cm³/mol. The van der Waals surface area contributed by atoms with E-state index in [-0.39, 0.29) is 24.7 Å². The SMILES string of the molecule is CCCOC(=O)C1C(C)=NC2=C(C(=O)CC(c3ccc(OC)c(OC)c3)C2)C1c1ccccc1F. The molecule has 0 spiro atoms. The maximum absolute atomic E-state index is 15.0. The van der Waals surface area contributed by atoms with Crippen molar-refractivity contribution in [1.29, 1.82) is 0 Å². The van der Waals surface area contributed by atoms with E-state index in [1.807, 2.05) is 25.1 Å². The van der Waals surface area contributed by atoms with E-state index in [0.29, 0.717) is 46.9 Å². The standard InChI is InChI=1S/C28H30FNO5/c1-5-12-35-28(32)25-16(2)30-21-13-18(17-10-11-23(33-3)24(15-17)34-4)14-22(31)27(21)26(25)19-8-6-7-9-20(19)29/h6-11,15,18,25-26H,5,12-14H2,1-4H3. The topological polar surface area (TPSA) is 74.2 Å². The number of hydrogen-bond donors (Lipinski definition) is 0. The average Bonchev–Trinajstić information content (AvgIpc) is 2.86. The van der Waals surface area contributed by atoms with Gasteiger partial charge in [0.2, 0.25) is 0 Å². The molecule has 2 aromatic rings. The molecule has 1 heterocycles. The molecule has 0 saturated carbocycles. The molecular weight excluding hydrogens is 449 g/mol. The summed E-state index contributed by atoms with van der Waals surface area (Å²) in [5, 5.41) is 0. The van der Waals surface area contributed by atoms with Crippen LogP contribution in [0, 0.1) is 11.7 Å². The lowest BCUT2D eigenvalue weighted by Crippen LogP contribution is -2.38. The van der Waals surface area contributed by atoms with Crippen molar-refractivity contribution < 1.29 is 28.2 Å². The second-order valence-electron chi connectivity index (χ2n) is 8.90. The van der Waals surface area contributed by atoms with Gasteiger partial charge in [-0.05, 0) is 55.0 Å². The van der Waals surface area contributed by atoms with Gasteiger partial charge in [-0.2, -0.15) is 0 Å². The van der Waals surface area contributed by atoms with Crippen LogP contribution in [-0.2, 0) is 14.3 Å². The minimum absolute atomic E-state index is 0.123. The van der Waals surface area contributed by atoms with Crippen LogP contribution in [0.5, 0.6) is 11.5 Å². The van der Waals surface area contributed by atoms with Gasteiger partial charge in [-0.3, -0.25) is 14.6 Å². The van der Waals surface area contributed by atoms with Crippen LogP contribution in [0.25, 0.3) is 0 Å². The van der Waals surface area contributed by atoms with Crippen LogP contribution in [0.2, 0.25) is 0 Å². The fourth-order valence-electron chi connectivity index (χ4n) is 5.06. The van der Waals surface area contributed by atoms with E-state index in [1.165, 1.54) is 6.07 Å². The first-order chi connectivity index (χ1) is 16.9. The molecule has 0 fully saturated rings. The van der Waals surface area contributed by atoms with Crippen molar-refractivity contribution in [2.75, 3.05) is 20.8 Å². The second-order valence-corrected chi connectivity index (χ2v) is 8.90. The van der Waals surface area contributed by atoms with Gasteiger partial charge < -0.3 is 14.2 Å². The highest BCUT2D eigenvalue weighted by Crippen LogP contribution is 2.48. The summed E-state index contributed by atoms with van der Waals surface area (Å²) in [6, 6.07) is 11.9. The number of nitrogens with zero attached hydrogens (tertiary/aromatic N) is 1. The second kappa shape index (κ2) is 10.4. The predicted octanol–water partition coefficient (Wildman–Crippen LogP) is 5.37.